The van der Waals surface area contributed by atoms with Gasteiger partial charge >= 0.3 is 0 Å². The van der Waals surface area contributed by atoms with Crippen LogP contribution < -0.4 is 5.73 Å². The number of hydrogen-bond donors (Lipinski definition) is 1. The Hall–Kier alpha value is -0.0800. The van der Waals surface area contributed by atoms with Crippen LogP contribution in [0.2, 0.25) is 0 Å². The fraction of sp³-hybridized carbons (Fsp3) is 1.00. The molecule has 0 spiro atoms. The third-order valence-corrected chi connectivity index (χ3v) is 4.17. The van der Waals surface area contributed by atoms with E-state index in [0.29, 0.717) is 16.9 Å². The minimum atomic E-state index is 0.371. The smallest absolute Gasteiger partial charge is 0.0552 e. The van der Waals surface area contributed by atoms with Crippen molar-refractivity contribution in [3.05, 3.63) is 0 Å². The van der Waals surface area contributed by atoms with Crippen LogP contribution in [-0.2, 0) is 4.74 Å². The molecular formula is C11H21NO. The van der Waals surface area contributed by atoms with Gasteiger partial charge in [0.25, 0.3) is 0 Å². The lowest BCUT2D eigenvalue weighted by molar-refractivity contribution is -0.218. The summed E-state index contributed by atoms with van der Waals surface area (Å²) in [5.74, 6) is 0.816. The van der Waals surface area contributed by atoms with Gasteiger partial charge in [0, 0.05) is 11.5 Å². The molecule has 1 saturated carbocycles. The summed E-state index contributed by atoms with van der Waals surface area (Å²) < 4.78 is 5.42. The second-order valence-corrected chi connectivity index (χ2v) is 5.83. The molecular weight excluding hydrogens is 162 g/mol. The van der Waals surface area contributed by atoms with Crippen molar-refractivity contribution in [1.29, 1.82) is 0 Å². The summed E-state index contributed by atoms with van der Waals surface area (Å²) in [6.45, 7) is 8.90. The summed E-state index contributed by atoms with van der Waals surface area (Å²) in [7, 11) is 0. The first kappa shape index (κ1) is 9.47. The van der Waals surface area contributed by atoms with Crippen LogP contribution in [0.25, 0.3) is 0 Å². The minimum Gasteiger partial charge on any atom is -0.380 e. The second kappa shape index (κ2) is 2.71. The van der Waals surface area contributed by atoms with Crippen molar-refractivity contribution in [2.24, 2.45) is 22.5 Å². The van der Waals surface area contributed by atoms with E-state index >= 15 is 0 Å². The van der Waals surface area contributed by atoms with Gasteiger partial charge in [-0.25, -0.2) is 0 Å². The van der Waals surface area contributed by atoms with Gasteiger partial charge in [-0.2, -0.15) is 0 Å². The van der Waals surface area contributed by atoms with Crippen molar-refractivity contribution in [2.45, 2.75) is 39.7 Å². The maximum atomic E-state index is 5.85. The molecule has 13 heavy (non-hydrogen) atoms. The van der Waals surface area contributed by atoms with Crippen molar-refractivity contribution >= 4 is 0 Å². The summed E-state index contributed by atoms with van der Waals surface area (Å²) in [5.41, 5.74) is 6.65. The van der Waals surface area contributed by atoms with Gasteiger partial charge in [-0.1, -0.05) is 20.8 Å². The molecule has 0 amide bonds. The fourth-order valence-electron chi connectivity index (χ4n) is 2.72. The van der Waals surface area contributed by atoms with E-state index in [2.05, 4.69) is 20.8 Å². The first-order chi connectivity index (χ1) is 5.96. The van der Waals surface area contributed by atoms with Crippen LogP contribution in [0.15, 0.2) is 0 Å². The average Bonchev–Trinajstić information content (AvgIpc) is 1.77. The minimum absolute atomic E-state index is 0.371. The summed E-state index contributed by atoms with van der Waals surface area (Å²) >= 11 is 0. The summed E-state index contributed by atoms with van der Waals surface area (Å²) in [4.78, 5) is 0. The molecule has 0 bridgehead atoms. The standard InChI is InChI=1S/C11H21NO/c1-10(2,3)11(6-13-7-11)8-4-9(12)5-8/h8-9H,4-7,12H2,1-3H3. The molecule has 1 saturated heterocycles. The van der Waals surface area contributed by atoms with Gasteiger partial charge in [0.05, 0.1) is 13.2 Å². The molecule has 2 fully saturated rings. The lowest BCUT2D eigenvalue weighted by Crippen LogP contribution is -2.61. The predicted molar refractivity (Wildman–Crippen MR) is 53.4 cm³/mol. The molecule has 1 heterocycles. The number of rotatable bonds is 1. The van der Waals surface area contributed by atoms with Crippen molar-refractivity contribution < 1.29 is 4.74 Å². The van der Waals surface area contributed by atoms with Gasteiger partial charge in [0.1, 0.15) is 0 Å². The molecule has 0 atom stereocenters. The summed E-state index contributed by atoms with van der Waals surface area (Å²) in [6.07, 6.45) is 2.42. The zero-order valence-electron chi connectivity index (χ0n) is 8.97. The van der Waals surface area contributed by atoms with Crippen LogP contribution in [0.3, 0.4) is 0 Å². The van der Waals surface area contributed by atoms with Crippen LogP contribution >= 0.6 is 0 Å². The van der Waals surface area contributed by atoms with E-state index in [1.165, 1.54) is 12.8 Å². The molecule has 2 rings (SSSR count). The molecule has 2 heteroatoms. The van der Waals surface area contributed by atoms with Crippen LogP contribution in [0.1, 0.15) is 33.6 Å². The molecule has 0 radical (unpaired) electrons. The number of ether oxygens (including phenoxy) is 1. The highest BCUT2D eigenvalue weighted by molar-refractivity contribution is 5.05. The molecule has 2 N–H and O–H groups in total. The molecule has 1 aliphatic heterocycles. The topological polar surface area (TPSA) is 35.2 Å². The molecule has 0 aromatic rings. The van der Waals surface area contributed by atoms with Crippen LogP contribution in [-0.4, -0.2) is 19.3 Å². The Labute approximate surface area is 80.8 Å². The lowest BCUT2D eigenvalue weighted by Gasteiger charge is -2.59. The van der Waals surface area contributed by atoms with Gasteiger partial charge in [-0.3, -0.25) is 0 Å². The normalized spacial score (nSPS) is 37.8. The van der Waals surface area contributed by atoms with Crippen LogP contribution in [0.4, 0.5) is 0 Å². The van der Waals surface area contributed by atoms with E-state index in [9.17, 15) is 0 Å². The first-order valence-electron chi connectivity index (χ1n) is 5.29. The average molecular weight is 183 g/mol. The van der Waals surface area contributed by atoms with Gasteiger partial charge in [-0.15, -0.1) is 0 Å². The zero-order chi connectivity index (χ0) is 9.69. The Morgan fingerprint density at radius 3 is 2.00 bits per heavy atom. The monoisotopic (exact) mass is 183 g/mol. The Bertz CT molecular complexity index is 197. The van der Waals surface area contributed by atoms with Gasteiger partial charge in [-0.05, 0) is 24.2 Å². The Morgan fingerprint density at radius 2 is 1.77 bits per heavy atom. The summed E-state index contributed by atoms with van der Waals surface area (Å²) in [5, 5.41) is 0. The molecule has 76 valence electrons. The van der Waals surface area contributed by atoms with Crippen molar-refractivity contribution in [2.75, 3.05) is 13.2 Å². The quantitative estimate of drug-likeness (QED) is 0.672. The number of nitrogens with two attached hydrogens (primary N) is 1. The third kappa shape index (κ3) is 1.23. The van der Waals surface area contributed by atoms with Crippen LogP contribution in [0.5, 0.6) is 0 Å². The fourth-order valence-corrected chi connectivity index (χ4v) is 2.72. The van der Waals surface area contributed by atoms with Crippen molar-refractivity contribution in [3.63, 3.8) is 0 Å². The number of hydrogen-bond acceptors (Lipinski definition) is 2. The van der Waals surface area contributed by atoms with E-state index in [1.54, 1.807) is 0 Å². The lowest BCUT2D eigenvalue weighted by atomic mass is 9.52. The van der Waals surface area contributed by atoms with Gasteiger partial charge in [0.15, 0.2) is 0 Å². The largest absolute Gasteiger partial charge is 0.380 e. The highest BCUT2D eigenvalue weighted by atomic mass is 16.5. The van der Waals surface area contributed by atoms with Crippen molar-refractivity contribution in [1.82, 2.24) is 0 Å². The molecule has 0 unspecified atom stereocenters. The highest BCUT2D eigenvalue weighted by Crippen LogP contribution is 2.56. The molecule has 1 aliphatic carbocycles. The van der Waals surface area contributed by atoms with E-state index in [4.69, 9.17) is 10.5 Å². The molecule has 2 nitrogen and oxygen atoms in total. The molecule has 2 aliphatic rings. The predicted octanol–water partition coefficient (Wildman–Crippen LogP) is 1.79. The molecule has 0 aromatic heterocycles. The SMILES string of the molecule is CC(C)(C)C1(C2CC(N)C2)COC1. The van der Waals surface area contributed by atoms with E-state index in [-0.39, 0.29) is 0 Å². The van der Waals surface area contributed by atoms with E-state index < -0.39 is 0 Å². The van der Waals surface area contributed by atoms with Crippen LogP contribution in [0, 0.1) is 16.7 Å². The second-order valence-electron chi connectivity index (χ2n) is 5.83. The third-order valence-electron chi connectivity index (χ3n) is 4.17. The van der Waals surface area contributed by atoms with Gasteiger partial charge in [0.2, 0.25) is 0 Å². The van der Waals surface area contributed by atoms with Gasteiger partial charge < -0.3 is 10.5 Å². The maximum Gasteiger partial charge on any atom is 0.0552 e. The highest BCUT2D eigenvalue weighted by Gasteiger charge is 2.56. The Balaban J connectivity index is 2.08. The van der Waals surface area contributed by atoms with E-state index in [0.717, 1.165) is 19.1 Å². The van der Waals surface area contributed by atoms with Crippen molar-refractivity contribution in [3.8, 4) is 0 Å². The summed E-state index contributed by atoms with van der Waals surface area (Å²) in [6, 6.07) is 0.463. The Morgan fingerprint density at radius 1 is 1.23 bits per heavy atom. The first-order valence-corrected chi connectivity index (χ1v) is 5.29. The maximum absolute atomic E-state index is 5.85. The molecule has 0 aromatic carbocycles. The van der Waals surface area contributed by atoms with E-state index in [1.807, 2.05) is 0 Å². The zero-order valence-corrected chi connectivity index (χ0v) is 8.97. The Kier molecular flexibility index (Phi) is 1.97.